The number of rotatable bonds is 7. The van der Waals surface area contributed by atoms with E-state index in [2.05, 4.69) is 39.4 Å². The highest BCUT2D eigenvalue weighted by molar-refractivity contribution is 6.34. The Bertz CT molecular complexity index is 1080. The van der Waals surface area contributed by atoms with Crippen LogP contribution in [0.3, 0.4) is 0 Å². The molecule has 1 aromatic carbocycles. The van der Waals surface area contributed by atoms with Crippen molar-refractivity contribution in [3.63, 3.8) is 0 Å². The summed E-state index contributed by atoms with van der Waals surface area (Å²) in [4.78, 5) is 15.3. The fraction of sp³-hybridized carbons (Fsp3) is 0.455. The minimum Gasteiger partial charge on any atom is -0.308 e. The molecule has 164 valence electrons. The predicted octanol–water partition coefficient (Wildman–Crippen LogP) is 4.20. The maximum atomic E-state index is 12.9. The molecule has 0 bridgehead atoms. The summed E-state index contributed by atoms with van der Waals surface area (Å²) in [6, 6.07) is 10.0. The second kappa shape index (κ2) is 9.51. The van der Waals surface area contributed by atoms with E-state index in [1.807, 2.05) is 24.3 Å². The molecule has 1 atom stereocenters. The average molecular weight is 461 g/mol. The predicted molar refractivity (Wildman–Crippen MR) is 122 cm³/mol. The molecule has 1 N–H and O–H groups in total. The zero-order chi connectivity index (χ0) is 22.0. The lowest BCUT2D eigenvalue weighted by atomic mass is 10.0. The third kappa shape index (κ3) is 4.84. The minimum absolute atomic E-state index is 0.156. The maximum Gasteiger partial charge on any atom is 0.269 e. The number of aryl methyl sites for hydroxylation is 1. The van der Waals surface area contributed by atoms with Crippen LogP contribution in [0, 0.1) is 5.92 Å². The summed E-state index contributed by atoms with van der Waals surface area (Å²) < 4.78 is 1.74. The van der Waals surface area contributed by atoms with E-state index in [0.29, 0.717) is 42.3 Å². The highest BCUT2D eigenvalue weighted by Gasteiger charge is 2.28. The van der Waals surface area contributed by atoms with E-state index in [1.165, 1.54) is 12.8 Å². The number of aromatic amines is 1. The summed E-state index contributed by atoms with van der Waals surface area (Å²) in [5.74, 6) is 1.11. The summed E-state index contributed by atoms with van der Waals surface area (Å²) in [6.07, 6.45) is 3.04. The van der Waals surface area contributed by atoms with Gasteiger partial charge >= 0.3 is 0 Å². The molecular weight excluding hydrogens is 435 g/mol. The van der Waals surface area contributed by atoms with Crippen molar-refractivity contribution < 1.29 is 0 Å². The molecule has 0 aliphatic carbocycles. The second-order valence-corrected chi connectivity index (χ2v) is 9.16. The summed E-state index contributed by atoms with van der Waals surface area (Å²) in [7, 11) is 0. The Hall–Kier alpha value is -2.22. The van der Waals surface area contributed by atoms with Crippen LogP contribution >= 0.6 is 23.2 Å². The number of hydrogen-bond donors (Lipinski definition) is 1. The zero-order valence-corrected chi connectivity index (χ0v) is 19.2. The first kappa shape index (κ1) is 22.0. The van der Waals surface area contributed by atoms with E-state index in [0.717, 1.165) is 23.4 Å². The van der Waals surface area contributed by atoms with Gasteiger partial charge in [-0.25, -0.2) is 0 Å². The first-order valence-corrected chi connectivity index (χ1v) is 11.3. The van der Waals surface area contributed by atoms with Gasteiger partial charge in [-0.3, -0.25) is 9.69 Å². The molecule has 0 saturated carbocycles. The third-order valence-corrected chi connectivity index (χ3v) is 6.62. The molecule has 0 spiro atoms. The number of tetrazole rings is 1. The lowest BCUT2D eigenvalue weighted by molar-refractivity contribution is 0.193. The SMILES string of the molecule is CC(C)[C@@H]1CCCN1Cc1c(Cl)cc(Cl)c(=O)n1CCc1ccc(-c2nn[nH]n2)cc1. The number of hydrogen-bond acceptors (Lipinski definition) is 5. The largest absolute Gasteiger partial charge is 0.308 e. The van der Waals surface area contributed by atoms with E-state index in [4.69, 9.17) is 23.2 Å². The van der Waals surface area contributed by atoms with Crippen molar-refractivity contribution >= 4 is 23.2 Å². The van der Waals surface area contributed by atoms with Crippen LogP contribution < -0.4 is 5.56 Å². The van der Waals surface area contributed by atoms with Gasteiger partial charge in [-0.2, -0.15) is 5.21 Å². The number of halogens is 2. The van der Waals surface area contributed by atoms with Crippen molar-refractivity contribution in [3.8, 4) is 11.4 Å². The topological polar surface area (TPSA) is 79.7 Å². The van der Waals surface area contributed by atoms with Gasteiger partial charge in [-0.1, -0.05) is 61.3 Å². The Balaban J connectivity index is 1.55. The molecule has 0 unspecified atom stereocenters. The molecule has 4 rings (SSSR count). The van der Waals surface area contributed by atoms with Gasteiger partial charge in [0, 0.05) is 24.7 Å². The van der Waals surface area contributed by atoms with E-state index in [1.54, 1.807) is 10.6 Å². The van der Waals surface area contributed by atoms with Crippen LogP contribution in [0.2, 0.25) is 10.0 Å². The van der Waals surface area contributed by atoms with Crippen molar-refractivity contribution in [1.29, 1.82) is 0 Å². The Morgan fingerprint density at radius 1 is 1.19 bits per heavy atom. The third-order valence-electron chi connectivity index (χ3n) is 6.02. The molecule has 7 nitrogen and oxygen atoms in total. The lowest BCUT2D eigenvalue weighted by Gasteiger charge is -2.29. The summed E-state index contributed by atoms with van der Waals surface area (Å²) >= 11 is 12.8. The molecule has 1 saturated heterocycles. The van der Waals surface area contributed by atoms with Gasteiger partial charge in [-0.05, 0) is 48.6 Å². The first-order valence-electron chi connectivity index (χ1n) is 10.6. The molecule has 3 heterocycles. The molecule has 31 heavy (non-hydrogen) atoms. The van der Waals surface area contributed by atoms with Crippen LogP contribution in [-0.2, 0) is 19.5 Å². The number of benzene rings is 1. The summed E-state index contributed by atoms with van der Waals surface area (Å²) in [5, 5.41) is 14.7. The van der Waals surface area contributed by atoms with Crippen LogP contribution in [0.5, 0.6) is 0 Å². The Labute approximate surface area is 191 Å². The van der Waals surface area contributed by atoms with Crippen molar-refractivity contribution in [1.82, 2.24) is 30.1 Å². The minimum atomic E-state index is -0.190. The molecule has 1 aliphatic heterocycles. The first-order chi connectivity index (χ1) is 14.9. The van der Waals surface area contributed by atoms with Gasteiger partial charge in [-0.15, -0.1) is 10.2 Å². The molecule has 1 aliphatic rings. The maximum absolute atomic E-state index is 12.9. The van der Waals surface area contributed by atoms with Crippen LogP contribution in [0.15, 0.2) is 35.1 Å². The highest BCUT2D eigenvalue weighted by atomic mass is 35.5. The number of nitrogens with zero attached hydrogens (tertiary/aromatic N) is 5. The standard InChI is InChI=1S/C22H26Cl2N6O/c1-14(2)19-4-3-10-29(19)13-20-17(23)12-18(24)22(31)30(20)11-9-15-5-7-16(8-6-15)21-25-27-28-26-21/h5-8,12,14,19H,3-4,9-11,13H2,1-2H3,(H,25,26,27,28)/t19-/m0/s1. The van der Waals surface area contributed by atoms with Gasteiger partial charge in [0.05, 0.1) is 10.7 Å². The quantitative estimate of drug-likeness (QED) is 0.571. The Morgan fingerprint density at radius 2 is 1.97 bits per heavy atom. The molecule has 9 heteroatoms. The molecule has 0 radical (unpaired) electrons. The molecular formula is C22H26Cl2N6O. The van der Waals surface area contributed by atoms with Gasteiger partial charge in [0.2, 0.25) is 5.82 Å². The smallest absolute Gasteiger partial charge is 0.269 e. The Morgan fingerprint density at radius 3 is 2.65 bits per heavy atom. The summed E-state index contributed by atoms with van der Waals surface area (Å²) in [5.41, 5.74) is 2.63. The van der Waals surface area contributed by atoms with Crippen LogP contribution in [0.25, 0.3) is 11.4 Å². The number of pyridine rings is 1. The van der Waals surface area contributed by atoms with E-state index in [-0.39, 0.29) is 10.6 Å². The van der Waals surface area contributed by atoms with Crippen molar-refractivity contribution in [2.24, 2.45) is 5.92 Å². The summed E-state index contributed by atoms with van der Waals surface area (Å²) in [6.45, 7) is 6.68. The van der Waals surface area contributed by atoms with Crippen LogP contribution in [0.1, 0.15) is 37.9 Å². The fourth-order valence-electron chi connectivity index (χ4n) is 4.38. The molecule has 1 fully saturated rings. The number of aromatic nitrogens is 5. The molecule has 2 aromatic heterocycles. The molecule has 3 aromatic rings. The average Bonchev–Trinajstić information content (AvgIpc) is 3.44. The van der Waals surface area contributed by atoms with E-state index >= 15 is 0 Å². The number of H-pyrrole nitrogens is 1. The Kier molecular flexibility index (Phi) is 6.74. The fourth-order valence-corrected chi connectivity index (χ4v) is 4.91. The van der Waals surface area contributed by atoms with Crippen molar-refractivity contribution in [2.75, 3.05) is 6.54 Å². The van der Waals surface area contributed by atoms with Gasteiger partial charge in [0.1, 0.15) is 5.02 Å². The van der Waals surface area contributed by atoms with E-state index in [9.17, 15) is 4.79 Å². The zero-order valence-electron chi connectivity index (χ0n) is 17.7. The monoisotopic (exact) mass is 460 g/mol. The van der Waals surface area contributed by atoms with Gasteiger partial charge < -0.3 is 4.57 Å². The number of likely N-dealkylation sites (tertiary alicyclic amines) is 1. The van der Waals surface area contributed by atoms with E-state index < -0.39 is 0 Å². The second-order valence-electron chi connectivity index (χ2n) is 8.35. The number of nitrogens with one attached hydrogen (secondary N) is 1. The van der Waals surface area contributed by atoms with Crippen LogP contribution in [0.4, 0.5) is 0 Å². The molecule has 0 amide bonds. The van der Waals surface area contributed by atoms with Crippen molar-refractivity contribution in [3.05, 3.63) is 62.0 Å². The van der Waals surface area contributed by atoms with Gasteiger partial charge in [0.15, 0.2) is 0 Å². The highest BCUT2D eigenvalue weighted by Crippen LogP contribution is 2.28. The van der Waals surface area contributed by atoms with Crippen molar-refractivity contribution in [2.45, 2.75) is 52.2 Å². The normalized spacial score (nSPS) is 17.0. The lowest BCUT2D eigenvalue weighted by Crippen LogP contribution is -2.36. The van der Waals surface area contributed by atoms with Crippen LogP contribution in [-0.4, -0.2) is 42.7 Å². The van der Waals surface area contributed by atoms with Gasteiger partial charge in [0.25, 0.3) is 5.56 Å².